The van der Waals surface area contributed by atoms with Crippen LogP contribution >= 0.6 is 0 Å². The number of benzene rings is 1. The van der Waals surface area contributed by atoms with Gasteiger partial charge in [0.15, 0.2) is 0 Å². The van der Waals surface area contributed by atoms with Gasteiger partial charge in [0.2, 0.25) is 20.0 Å². The van der Waals surface area contributed by atoms with Crippen molar-refractivity contribution in [2.24, 2.45) is 10.9 Å². The molecule has 0 amide bonds. The molecule has 0 fully saturated rings. The number of primary sulfonamides is 1. The molecule has 0 bridgehead atoms. The Balaban J connectivity index is 2.74. The maximum Gasteiger partial charge on any atom is 0.240 e. The molecule has 9 heteroatoms. The molecule has 0 radical (unpaired) electrons. The van der Waals surface area contributed by atoms with Crippen molar-refractivity contribution in [2.45, 2.75) is 30.7 Å². The van der Waals surface area contributed by atoms with Crippen molar-refractivity contribution in [3.05, 3.63) is 29.8 Å². The topological polar surface area (TPSA) is 132 Å². The lowest BCUT2D eigenvalue weighted by atomic mass is 10.1. The van der Waals surface area contributed by atoms with Crippen LogP contribution in [0.25, 0.3) is 0 Å². The van der Waals surface area contributed by atoms with Crippen LogP contribution in [0.3, 0.4) is 0 Å². The molecule has 1 unspecified atom stereocenters. The molecule has 21 heavy (non-hydrogen) atoms. The zero-order valence-corrected chi connectivity index (χ0v) is 13.5. The Bertz CT molecular complexity index is 671. The van der Waals surface area contributed by atoms with Gasteiger partial charge in [-0.2, -0.15) is 0 Å². The summed E-state index contributed by atoms with van der Waals surface area (Å²) < 4.78 is 48.0. The average Bonchev–Trinajstić information content (AvgIpc) is 2.42. The van der Waals surface area contributed by atoms with Crippen molar-refractivity contribution in [1.82, 2.24) is 4.72 Å². The summed E-state index contributed by atoms with van der Waals surface area (Å²) in [6, 6.07) is 6.17. The van der Waals surface area contributed by atoms with E-state index in [1.807, 2.05) is 6.92 Å². The van der Waals surface area contributed by atoms with Crippen molar-refractivity contribution in [1.29, 1.82) is 0 Å². The highest BCUT2D eigenvalue weighted by Crippen LogP contribution is 2.18. The van der Waals surface area contributed by atoms with E-state index in [0.29, 0.717) is 6.42 Å². The molecule has 0 aliphatic heterocycles. The quantitative estimate of drug-likeness (QED) is 0.578. The molecule has 0 heterocycles. The maximum absolute atomic E-state index is 12.1. The number of hydrogen-bond acceptors (Lipinski definition) is 5. The standard InChI is InChI=1S/C12H21N3O4S2/c1-2-12(13)10-5-3-6-11(9-10)21(18,19)15-7-4-8-20(14,16)17/h3,5-6,9,12,15H,2,4,7-8,13H2,1H3,(H2,14,16,17). The molecule has 120 valence electrons. The van der Waals surface area contributed by atoms with Crippen molar-refractivity contribution < 1.29 is 16.8 Å². The zero-order chi connectivity index (χ0) is 16.1. The van der Waals surface area contributed by atoms with E-state index in [4.69, 9.17) is 10.9 Å². The third kappa shape index (κ3) is 6.10. The smallest absolute Gasteiger partial charge is 0.240 e. The van der Waals surface area contributed by atoms with Crippen LogP contribution in [0.4, 0.5) is 0 Å². The Kier molecular flexibility index (Phi) is 6.29. The van der Waals surface area contributed by atoms with E-state index < -0.39 is 20.0 Å². The fourth-order valence-electron chi connectivity index (χ4n) is 1.71. The molecule has 1 aromatic rings. The van der Waals surface area contributed by atoms with Gasteiger partial charge in [-0.1, -0.05) is 19.1 Å². The second kappa shape index (κ2) is 7.32. The third-order valence-corrected chi connectivity index (χ3v) is 5.25. The van der Waals surface area contributed by atoms with E-state index in [1.165, 1.54) is 12.1 Å². The summed E-state index contributed by atoms with van der Waals surface area (Å²) in [7, 11) is -7.26. The fourth-order valence-corrected chi connectivity index (χ4v) is 3.39. The molecule has 7 nitrogen and oxygen atoms in total. The van der Waals surface area contributed by atoms with Crippen LogP contribution in [0.15, 0.2) is 29.2 Å². The fraction of sp³-hybridized carbons (Fsp3) is 0.500. The lowest BCUT2D eigenvalue weighted by Gasteiger charge is -2.12. The van der Waals surface area contributed by atoms with Gasteiger partial charge in [0, 0.05) is 12.6 Å². The van der Waals surface area contributed by atoms with Crippen molar-refractivity contribution in [2.75, 3.05) is 12.3 Å². The molecular weight excluding hydrogens is 314 g/mol. The Morgan fingerprint density at radius 1 is 1.24 bits per heavy atom. The van der Waals surface area contributed by atoms with Gasteiger partial charge in [-0.05, 0) is 30.5 Å². The second-order valence-electron chi connectivity index (χ2n) is 4.71. The van der Waals surface area contributed by atoms with Gasteiger partial charge in [-0.15, -0.1) is 0 Å². The largest absolute Gasteiger partial charge is 0.324 e. The Labute approximate surface area is 125 Å². The first-order valence-corrected chi connectivity index (χ1v) is 9.71. The van der Waals surface area contributed by atoms with Crippen LogP contribution in [-0.2, 0) is 20.0 Å². The summed E-state index contributed by atoms with van der Waals surface area (Å²) >= 11 is 0. The number of hydrogen-bond donors (Lipinski definition) is 3. The van der Waals surface area contributed by atoms with E-state index in [-0.39, 0.29) is 29.7 Å². The third-order valence-electron chi connectivity index (χ3n) is 2.93. The molecule has 0 spiro atoms. The monoisotopic (exact) mass is 335 g/mol. The Morgan fingerprint density at radius 3 is 2.48 bits per heavy atom. The molecule has 0 saturated heterocycles. The Hall–Kier alpha value is -1.00. The predicted octanol–water partition coefficient (Wildman–Crippen LogP) is 0.0533. The van der Waals surface area contributed by atoms with E-state index >= 15 is 0 Å². The minimum Gasteiger partial charge on any atom is -0.324 e. The van der Waals surface area contributed by atoms with Crippen molar-refractivity contribution in [3.63, 3.8) is 0 Å². The highest BCUT2D eigenvalue weighted by Gasteiger charge is 2.15. The van der Waals surface area contributed by atoms with Crippen LogP contribution in [0.1, 0.15) is 31.4 Å². The predicted molar refractivity (Wildman–Crippen MR) is 81.4 cm³/mol. The van der Waals surface area contributed by atoms with Gasteiger partial charge in [0.1, 0.15) is 0 Å². The van der Waals surface area contributed by atoms with Crippen LogP contribution < -0.4 is 15.6 Å². The molecule has 0 aliphatic rings. The van der Waals surface area contributed by atoms with Crippen LogP contribution in [0.2, 0.25) is 0 Å². The molecule has 0 aromatic heterocycles. The first-order valence-electron chi connectivity index (χ1n) is 6.51. The minimum absolute atomic E-state index is 0.00280. The second-order valence-corrected chi connectivity index (χ2v) is 8.21. The summed E-state index contributed by atoms with van der Waals surface area (Å²) in [6.45, 7) is 1.92. The molecule has 0 aliphatic carbocycles. The molecule has 0 saturated carbocycles. The highest BCUT2D eigenvalue weighted by atomic mass is 32.2. The van der Waals surface area contributed by atoms with Crippen LogP contribution in [-0.4, -0.2) is 29.1 Å². The van der Waals surface area contributed by atoms with Gasteiger partial charge < -0.3 is 5.73 Å². The van der Waals surface area contributed by atoms with E-state index in [9.17, 15) is 16.8 Å². The molecular formula is C12H21N3O4S2. The molecule has 1 atom stereocenters. The molecule has 1 aromatic carbocycles. The lowest BCUT2D eigenvalue weighted by molar-refractivity contribution is 0.576. The first-order chi connectivity index (χ1) is 9.65. The summed E-state index contributed by atoms with van der Waals surface area (Å²) in [5, 5.41) is 4.85. The molecule has 5 N–H and O–H groups in total. The number of nitrogens with two attached hydrogens (primary N) is 2. The lowest BCUT2D eigenvalue weighted by Crippen LogP contribution is -2.27. The average molecular weight is 335 g/mol. The summed E-state index contributed by atoms with van der Waals surface area (Å²) in [5.74, 6) is -0.268. The maximum atomic E-state index is 12.1. The summed E-state index contributed by atoms with van der Waals surface area (Å²) in [4.78, 5) is 0.111. The van der Waals surface area contributed by atoms with E-state index in [1.54, 1.807) is 12.1 Å². The van der Waals surface area contributed by atoms with Gasteiger partial charge in [0.05, 0.1) is 10.6 Å². The van der Waals surface area contributed by atoms with E-state index in [0.717, 1.165) is 5.56 Å². The van der Waals surface area contributed by atoms with Crippen LogP contribution in [0, 0.1) is 0 Å². The SMILES string of the molecule is CCC(N)c1cccc(S(=O)(=O)NCCCS(N)(=O)=O)c1. The van der Waals surface area contributed by atoms with Gasteiger partial charge in [-0.3, -0.25) is 0 Å². The van der Waals surface area contributed by atoms with Crippen LogP contribution in [0.5, 0.6) is 0 Å². The minimum atomic E-state index is -3.68. The Morgan fingerprint density at radius 2 is 1.90 bits per heavy atom. The van der Waals surface area contributed by atoms with Crippen molar-refractivity contribution >= 4 is 20.0 Å². The first kappa shape index (κ1) is 18.1. The molecule has 1 rings (SSSR count). The summed E-state index contributed by atoms with van der Waals surface area (Å²) in [5.41, 5.74) is 6.62. The number of rotatable bonds is 8. The normalized spacial score (nSPS) is 14.0. The van der Waals surface area contributed by atoms with Gasteiger partial charge >= 0.3 is 0 Å². The number of nitrogens with one attached hydrogen (secondary N) is 1. The number of sulfonamides is 2. The van der Waals surface area contributed by atoms with Gasteiger partial charge in [-0.25, -0.2) is 26.7 Å². The summed E-state index contributed by atoms with van der Waals surface area (Å²) in [6.07, 6.45) is 0.817. The zero-order valence-electron chi connectivity index (χ0n) is 11.8. The van der Waals surface area contributed by atoms with Crippen molar-refractivity contribution in [3.8, 4) is 0 Å². The highest BCUT2D eigenvalue weighted by molar-refractivity contribution is 7.89. The van der Waals surface area contributed by atoms with E-state index in [2.05, 4.69) is 4.72 Å². The van der Waals surface area contributed by atoms with Gasteiger partial charge in [0.25, 0.3) is 0 Å².